The summed E-state index contributed by atoms with van der Waals surface area (Å²) in [6.45, 7) is 5.52. The normalized spacial score (nSPS) is 26.1. The molecule has 2 heterocycles. The smallest absolute Gasteiger partial charge is 0.123 e. The SMILES string of the molecule is Cc1ccc2c(c1)CC(CN(C)C1CCCNCC1)O2. The van der Waals surface area contributed by atoms with Gasteiger partial charge in [0.2, 0.25) is 0 Å². The van der Waals surface area contributed by atoms with Crippen LogP contribution in [0.5, 0.6) is 5.75 Å². The molecule has 0 radical (unpaired) electrons. The summed E-state index contributed by atoms with van der Waals surface area (Å²) in [5.41, 5.74) is 2.71. The van der Waals surface area contributed by atoms with Crippen molar-refractivity contribution in [1.29, 1.82) is 0 Å². The van der Waals surface area contributed by atoms with Crippen LogP contribution in [-0.2, 0) is 6.42 Å². The van der Waals surface area contributed by atoms with Crippen LogP contribution < -0.4 is 10.1 Å². The van der Waals surface area contributed by atoms with Crippen LogP contribution in [-0.4, -0.2) is 43.7 Å². The van der Waals surface area contributed by atoms with Gasteiger partial charge in [-0.15, -0.1) is 0 Å². The van der Waals surface area contributed by atoms with Crippen molar-refractivity contribution in [1.82, 2.24) is 10.2 Å². The molecule has 1 N–H and O–H groups in total. The second kappa shape index (κ2) is 6.15. The van der Waals surface area contributed by atoms with E-state index >= 15 is 0 Å². The fourth-order valence-corrected chi connectivity index (χ4v) is 3.46. The molecule has 0 spiro atoms. The van der Waals surface area contributed by atoms with Gasteiger partial charge in [0.15, 0.2) is 0 Å². The van der Waals surface area contributed by atoms with Gasteiger partial charge in [-0.2, -0.15) is 0 Å². The zero-order chi connectivity index (χ0) is 13.9. The lowest BCUT2D eigenvalue weighted by molar-refractivity contribution is 0.132. The van der Waals surface area contributed by atoms with Gasteiger partial charge in [-0.25, -0.2) is 0 Å². The molecule has 1 aromatic rings. The number of hydrogen-bond acceptors (Lipinski definition) is 3. The minimum Gasteiger partial charge on any atom is -0.488 e. The van der Waals surface area contributed by atoms with Crippen LogP contribution in [0.3, 0.4) is 0 Å². The molecule has 3 nitrogen and oxygen atoms in total. The van der Waals surface area contributed by atoms with Gasteiger partial charge < -0.3 is 10.1 Å². The number of likely N-dealkylation sites (N-methyl/N-ethyl adjacent to an activating group) is 1. The van der Waals surface area contributed by atoms with Crippen molar-refractivity contribution >= 4 is 0 Å². The van der Waals surface area contributed by atoms with Gasteiger partial charge in [-0.1, -0.05) is 17.7 Å². The average molecular weight is 274 g/mol. The fourth-order valence-electron chi connectivity index (χ4n) is 3.46. The third-order valence-electron chi connectivity index (χ3n) is 4.62. The van der Waals surface area contributed by atoms with Crippen molar-refractivity contribution in [3.05, 3.63) is 29.3 Å². The van der Waals surface area contributed by atoms with Gasteiger partial charge in [0.25, 0.3) is 0 Å². The molecule has 0 aliphatic carbocycles. The molecule has 2 unspecified atom stereocenters. The van der Waals surface area contributed by atoms with E-state index in [1.165, 1.54) is 36.9 Å². The summed E-state index contributed by atoms with van der Waals surface area (Å²) >= 11 is 0. The third-order valence-corrected chi connectivity index (χ3v) is 4.62. The maximum atomic E-state index is 6.10. The second-order valence-electron chi connectivity index (χ2n) is 6.33. The molecular formula is C17H26N2O. The van der Waals surface area contributed by atoms with Crippen LogP contribution in [0.15, 0.2) is 18.2 Å². The maximum absolute atomic E-state index is 6.10. The van der Waals surface area contributed by atoms with Gasteiger partial charge in [-0.3, -0.25) is 4.90 Å². The number of ether oxygens (including phenoxy) is 1. The van der Waals surface area contributed by atoms with Gasteiger partial charge in [-0.05, 0) is 58.0 Å². The molecule has 1 fully saturated rings. The Balaban J connectivity index is 1.56. The summed E-state index contributed by atoms with van der Waals surface area (Å²) in [5, 5.41) is 3.49. The highest BCUT2D eigenvalue weighted by Crippen LogP contribution is 2.30. The lowest BCUT2D eigenvalue weighted by atomic mass is 10.1. The fraction of sp³-hybridized carbons (Fsp3) is 0.647. The molecule has 1 aromatic carbocycles. The van der Waals surface area contributed by atoms with Crippen LogP contribution in [0.4, 0.5) is 0 Å². The van der Waals surface area contributed by atoms with E-state index in [4.69, 9.17) is 4.74 Å². The van der Waals surface area contributed by atoms with E-state index in [0.29, 0.717) is 12.1 Å². The zero-order valence-corrected chi connectivity index (χ0v) is 12.7. The Morgan fingerprint density at radius 3 is 3.10 bits per heavy atom. The number of aryl methyl sites for hydroxylation is 1. The van der Waals surface area contributed by atoms with Crippen LogP contribution in [0.1, 0.15) is 30.4 Å². The Morgan fingerprint density at radius 2 is 2.20 bits per heavy atom. The topological polar surface area (TPSA) is 24.5 Å². The minimum atomic E-state index is 0.327. The monoisotopic (exact) mass is 274 g/mol. The number of hydrogen-bond donors (Lipinski definition) is 1. The first-order valence-electron chi connectivity index (χ1n) is 7.89. The zero-order valence-electron chi connectivity index (χ0n) is 12.7. The molecule has 20 heavy (non-hydrogen) atoms. The molecule has 3 rings (SSSR count). The summed E-state index contributed by atoms with van der Waals surface area (Å²) in [5.74, 6) is 1.09. The van der Waals surface area contributed by atoms with Crippen molar-refractivity contribution in [3.8, 4) is 5.75 Å². The predicted molar refractivity (Wildman–Crippen MR) is 82.4 cm³/mol. The van der Waals surface area contributed by atoms with E-state index in [1.54, 1.807) is 0 Å². The largest absolute Gasteiger partial charge is 0.488 e. The first kappa shape index (κ1) is 13.9. The first-order valence-corrected chi connectivity index (χ1v) is 7.89. The Labute approximate surface area is 122 Å². The molecule has 0 bridgehead atoms. The summed E-state index contributed by atoms with van der Waals surface area (Å²) < 4.78 is 6.10. The van der Waals surface area contributed by atoms with Gasteiger partial charge in [0.1, 0.15) is 11.9 Å². The summed E-state index contributed by atoms with van der Waals surface area (Å²) in [6, 6.07) is 7.24. The van der Waals surface area contributed by atoms with Crippen molar-refractivity contribution in [3.63, 3.8) is 0 Å². The van der Waals surface area contributed by atoms with E-state index in [1.807, 2.05) is 0 Å². The predicted octanol–water partition coefficient (Wildman–Crippen LogP) is 2.37. The van der Waals surface area contributed by atoms with E-state index in [-0.39, 0.29) is 0 Å². The standard InChI is InChI=1S/C17H26N2O/c1-13-5-6-17-14(10-13)11-16(20-17)12-19(2)15-4-3-8-18-9-7-15/h5-6,10,15-16,18H,3-4,7-9,11-12H2,1-2H3. The number of nitrogens with one attached hydrogen (secondary N) is 1. The van der Waals surface area contributed by atoms with Gasteiger partial charge in [0, 0.05) is 19.0 Å². The lowest BCUT2D eigenvalue weighted by Crippen LogP contribution is -2.39. The van der Waals surface area contributed by atoms with E-state index in [0.717, 1.165) is 25.3 Å². The van der Waals surface area contributed by atoms with Crippen LogP contribution >= 0.6 is 0 Å². The van der Waals surface area contributed by atoms with Crippen molar-refractivity contribution < 1.29 is 4.74 Å². The molecule has 2 aliphatic heterocycles. The number of nitrogens with zero attached hydrogens (tertiary/aromatic N) is 1. The molecule has 2 atom stereocenters. The molecule has 3 heteroatoms. The molecule has 0 amide bonds. The molecule has 1 saturated heterocycles. The maximum Gasteiger partial charge on any atom is 0.123 e. The van der Waals surface area contributed by atoms with Gasteiger partial charge in [0.05, 0.1) is 0 Å². The molecular weight excluding hydrogens is 248 g/mol. The second-order valence-corrected chi connectivity index (χ2v) is 6.33. The van der Waals surface area contributed by atoms with Crippen LogP contribution in [0.2, 0.25) is 0 Å². The average Bonchev–Trinajstić information content (AvgIpc) is 2.64. The number of benzene rings is 1. The molecule has 2 aliphatic rings. The lowest BCUT2D eigenvalue weighted by Gasteiger charge is -2.28. The van der Waals surface area contributed by atoms with Crippen molar-refractivity contribution in [2.75, 3.05) is 26.7 Å². The Morgan fingerprint density at radius 1 is 1.30 bits per heavy atom. The Kier molecular flexibility index (Phi) is 4.27. The summed E-state index contributed by atoms with van der Waals surface area (Å²) in [6.07, 6.45) is 5.25. The molecule has 0 aromatic heterocycles. The summed E-state index contributed by atoms with van der Waals surface area (Å²) in [7, 11) is 2.26. The van der Waals surface area contributed by atoms with E-state index < -0.39 is 0 Å². The third kappa shape index (κ3) is 3.15. The van der Waals surface area contributed by atoms with Gasteiger partial charge >= 0.3 is 0 Å². The number of fused-ring (bicyclic) bond motifs is 1. The summed E-state index contributed by atoms with van der Waals surface area (Å²) in [4.78, 5) is 2.51. The van der Waals surface area contributed by atoms with E-state index in [2.05, 4.69) is 42.4 Å². The highest BCUT2D eigenvalue weighted by Gasteiger charge is 2.26. The number of rotatable bonds is 3. The minimum absolute atomic E-state index is 0.327. The van der Waals surface area contributed by atoms with Crippen LogP contribution in [0, 0.1) is 6.92 Å². The van der Waals surface area contributed by atoms with E-state index in [9.17, 15) is 0 Å². The Hall–Kier alpha value is -1.06. The van der Waals surface area contributed by atoms with Crippen molar-refractivity contribution in [2.45, 2.75) is 44.8 Å². The molecule has 0 saturated carbocycles. The highest BCUT2D eigenvalue weighted by atomic mass is 16.5. The molecule has 110 valence electrons. The quantitative estimate of drug-likeness (QED) is 0.916. The van der Waals surface area contributed by atoms with Crippen molar-refractivity contribution in [2.24, 2.45) is 0 Å². The van der Waals surface area contributed by atoms with Crippen LogP contribution in [0.25, 0.3) is 0 Å². The first-order chi connectivity index (χ1) is 9.72. The Bertz CT molecular complexity index is 452. The highest BCUT2D eigenvalue weighted by molar-refractivity contribution is 5.40.